The van der Waals surface area contributed by atoms with Gasteiger partial charge in [0.2, 0.25) is 0 Å². The molecule has 29 heavy (non-hydrogen) atoms. The molecule has 0 aliphatic heterocycles. The minimum absolute atomic E-state index is 0.132. The van der Waals surface area contributed by atoms with Crippen LogP contribution in [0.1, 0.15) is 10.5 Å². The molecule has 0 radical (unpaired) electrons. The van der Waals surface area contributed by atoms with Crippen molar-refractivity contribution < 1.29 is 9.53 Å². The first kappa shape index (κ1) is 19.6. The van der Waals surface area contributed by atoms with Crippen LogP contribution < -0.4 is 0 Å². The van der Waals surface area contributed by atoms with Gasteiger partial charge in [0.25, 0.3) is 0 Å². The smallest absolute Gasteiger partial charge is 0.356 e. The Labute approximate surface area is 182 Å². The van der Waals surface area contributed by atoms with Gasteiger partial charge in [-0.1, -0.05) is 59.1 Å². The van der Waals surface area contributed by atoms with E-state index in [1.54, 1.807) is 36.5 Å². The van der Waals surface area contributed by atoms with E-state index in [1.807, 2.05) is 24.3 Å². The predicted molar refractivity (Wildman–Crippen MR) is 117 cm³/mol. The van der Waals surface area contributed by atoms with Crippen LogP contribution in [0.15, 0.2) is 60.8 Å². The van der Waals surface area contributed by atoms with Crippen LogP contribution in [0, 0.1) is 0 Å². The fourth-order valence-electron chi connectivity index (χ4n) is 3.17. The standard InChI is InChI=1S/C22H13Cl3N2O2/c1-29-22(28)18-11-14(12-5-2-3-6-15(12)23)13-9-10-26-21(20(13)27-18)19-16(24)7-4-8-17(19)25/h2-11H,1H3. The van der Waals surface area contributed by atoms with Crippen LogP contribution in [0.2, 0.25) is 15.1 Å². The van der Waals surface area contributed by atoms with E-state index >= 15 is 0 Å². The molecule has 2 aromatic heterocycles. The third-order valence-corrected chi connectivity index (χ3v) is 5.45. The van der Waals surface area contributed by atoms with Gasteiger partial charge < -0.3 is 4.74 Å². The molecule has 0 aliphatic carbocycles. The van der Waals surface area contributed by atoms with Crippen molar-refractivity contribution in [3.05, 3.63) is 81.6 Å². The van der Waals surface area contributed by atoms with Crippen LogP contribution in [0.3, 0.4) is 0 Å². The summed E-state index contributed by atoms with van der Waals surface area (Å²) in [6.45, 7) is 0. The molecule has 4 rings (SSSR count). The number of carbonyl (C=O) groups is 1. The number of fused-ring (bicyclic) bond motifs is 1. The molecule has 0 unspecified atom stereocenters. The van der Waals surface area contributed by atoms with Crippen molar-refractivity contribution in [2.45, 2.75) is 0 Å². The van der Waals surface area contributed by atoms with Crippen molar-refractivity contribution in [2.75, 3.05) is 7.11 Å². The molecule has 0 saturated heterocycles. The lowest BCUT2D eigenvalue weighted by molar-refractivity contribution is 0.0594. The fraction of sp³-hybridized carbons (Fsp3) is 0.0455. The van der Waals surface area contributed by atoms with Crippen LogP contribution in [-0.2, 0) is 4.74 Å². The molecule has 0 spiro atoms. The summed E-state index contributed by atoms with van der Waals surface area (Å²) in [5.74, 6) is -0.569. The molecule has 4 nitrogen and oxygen atoms in total. The van der Waals surface area contributed by atoms with E-state index in [9.17, 15) is 4.79 Å². The van der Waals surface area contributed by atoms with Gasteiger partial charge >= 0.3 is 5.97 Å². The molecule has 7 heteroatoms. The summed E-state index contributed by atoms with van der Waals surface area (Å²) in [5.41, 5.74) is 3.10. The number of pyridine rings is 2. The van der Waals surface area contributed by atoms with Gasteiger partial charge in [0, 0.05) is 27.7 Å². The molecular weight excluding hydrogens is 431 g/mol. The molecular formula is C22H13Cl3N2O2. The second kappa shape index (κ2) is 7.99. The normalized spacial score (nSPS) is 10.9. The van der Waals surface area contributed by atoms with Crippen LogP contribution in [0.5, 0.6) is 0 Å². The van der Waals surface area contributed by atoms with Gasteiger partial charge in [0.05, 0.1) is 28.4 Å². The maximum absolute atomic E-state index is 12.3. The Hall–Kier alpha value is -2.66. The number of halogens is 3. The maximum atomic E-state index is 12.3. The average molecular weight is 444 g/mol. The minimum atomic E-state index is -0.569. The van der Waals surface area contributed by atoms with Gasteiger partial charge in [-0.05, 0) is 35.9 Å². The zero-order valence-corrected chi connectivity index (χ0v) is 17.4. The number of benzene rings is 2. The van der Waals surface area contributed by atoms with E-state index in [0.29, 0.717) is 31.8 Å². The van der Waals surface area contributed by atoms with Gasteiger partial charge in [-0.15, -0.1) is 0 Å². The molecule has 0 atom stereocenters. The zero-order valence-electron chi connectivity index (χ0n) is 15.1. The molecule has 0 fully saturated rings. The van der Waals surface area contributed by atoms with Crippen molar-refractivity contribution in [3.63, 3.8) is 0 Å². The predicted octanol–water partition coefficient (Wildman–Crippen LogP) is 6.71. The van der Waals surface area contributed by atoms with E-state index < -0.39 is 5.97 Å². The largest absolute Gasteiger partial charge is 0.464 e. The highest BCUT2D eigenvalue weighted by molar-refractivity contribution is 6.39. The number of methoxy groups -OCH3 is 1. The summed E-state index contributed by atoms with van der Waals surface area (Å²) in [6.07, 6.45) is 1.65. The minimum Gasteiger partial charge on any atom is -0.464 e. The number of esters is 1. The average Bonchev–Trinajstić information content (AvgIpc) is 2.73. The quantitative estimate of drug-likeness (QED) is 0.330. The molecule has 0 aliphatic rings. The highest BCUT2D eigenvalue weighted by atomic mass is 35.5. The number of hydrogen-bond donors (Lipinski definition) is 0. The van der Waals surface area contributed by atoms with Crippen molar-refractivity contribution in [2.24, 2.45) is 0 Å². The third-order valence-electron chi connectivity index (χ3n) is 4.49. The van der Waals surface area contributed by atoms with E-state index in [0.717, 1.165) is 16.5 Å². The Morgan fingerprint density at radius 2 is 1.59 bits per heavy atom. The zero-order chi connectivity index (χ0) is 20.5. The number of hydrogen-bond acceptors (Lipinski definition) is 4. The van der Waals surface area contributed by atoms with E-state index in [1.165, 1.54) is 7.11 Å². The van der Waals surface area contributed by atoms with Crippen molar-refractivity contribution in [1.82, 2.24) is 9.97 Å². The first-order valence-electron chi connectivity index (χ1n) is 8.58. The van der Waals surface area contributed by atoms with Gasteiger partial charge in [0.15, 0.2) is 0 Å². The van der Waals surface area contributed by atoms with Crippen molar-refractivity contribution >= 4 is 51.7 Å². The SMILES string of the molecule is COC(=O)c1cc(-c2ccccc2Cl)c2ccnc(-c3c(Cl)cccc3Cl)c2n1. The summed E-state index contributed by atoms with van der Waals surface area (Å²) < 4.78 is 4.89. The van der Waals surface area contributed by atoms with Crippen molar-refractivity contribution in [3.8, 4) is 22.4 Å². The summed E-state index contributed by atoms with van der Waals surface area (Å²) >= 11 is 19.3. The first-order chi connectivity index (χ1) is 14.0. The third kappa shape index (κ3) is 3.55. The molecule has 4 aromatic rings. The Balaban J connectivity index is 2.13. The lowest BCUT2D eigenvalue weighted by Gasteiger charge is -2.14. The number of carbonyl (C=O) groups excluding carboxylic acids is 1. The number of nitrogens with zero attached hydrogens (tertiary/aromatic N) is 2. The number of rotatable bonds is 3. The first-order valence-corrected chi connectivity index (χ1v) is 9.72. The van der Waals surface area contributed by atoms with Crippen LogP contribution in [0.25, 0.3) is 33.3 Å². The lowest BCUT2D eigenvalue weighted by Crippen LogP contribution is -2.06. The fourth-order valence-corrected chi connectivity index (χ4v) is 3.98. The Morgan fingerprint density at radius 3 is 2.28 bits per heavy atom. The van der Waals surface area contributed by atoms with Gasteiger partial charge in [-0.3, -0.25) is 4.98 Å². The maximum Gasteiger partial charge on any atom is 0.356 e. The molecule has 0 saturated carbocycles. The van der Waals surface area contributed by atoms with E-state index in [-0.39, 0.29) is 5.69 Å². The molecule has 144 valence electrons. The molecule has 0 amide bonds. The Morgan fingerprint density at radius 1 is 0.897 bits per heavy atom. The summed E-state index contributed by atoms with van der Waals surface area (Å²) in [7, 11) is 1.30. The highest BCUT2D eigenvalue weighted by Gasteiger charge is 2.20. The van der Waals surface area contributed by atoms with Crippen LogP contribution >= 0.6 is 34.8 Å². The van der Waals surface area contributed by atoms with Gasteiger partial charge in [-0.25, -0.2) is 9.78 Å². The Kier molecular flexibility index (Phi) is 5.41. The second-order valence-electron chi connectivity index (χ2n) is 6.18. The van der Waals surface area contributed by atoms with Gasteiger partial charge in [0.1, 0.15) is 5.69 Å². The summed E-state index contributed by atoms with van der Waals surface area (Å²) in [4.78, 5) is 21.3. The number of aromatic nitrogens is 2. The van der Waals surface area contributed by atoms with Crippen LogP contribution in [-0.4, -0.2) is 23.0 Å². The Bertz CT molecular complexity index is 1240. The van der Waals surface area contributed by atoms with Crippen molar-refractivity contribution in [1.29, 1.82) is 0 Å². The van der Waals surface area contributed by atoms with E-state index in [4.69, 9.17) is 39.5 Å². The van der Waals surface area contributed by atoms with Crippen LogP contribution in [0.4, 0.5) is 0 Å². The summed E-state index contributed by atoms with van der Waals surface area (Å²) in [6, 6.07) is 16.1. The summed E-state index contributed by atoms with van der Waals surface area (Å²) in [5, 5.41) is 2.17. The monoisotopic (exact) mass is 442 g/mol. The lowest BCUT2D eigenvalue weighted by atomic mass is 9.98. The molecule has 0 N–H and O–H groups in total. The second-order valence-corrected chi connectivity index (χ2v) is 7.40. The topological polar surface area (TPSA) is 52.1 Å². The highest BCUT2D eigenvalue weighted by Crippen LogP contribution is 2.40. The molecule has 2 heterocycles. The van der Waals surface area contributed by atoms with E-state index in [2.05, 4.69) is 9.97 Å². The number of ether oxygens (including phenoxy) is 1. The molecule has 0 bridgehead atoms. The van der Waals surface area contributed by atoms with Gasteiger partial charge in [-0.2, -0.15) is 0 Å². The molecule has 2 aromatic carbocycles.